The Labute approximate surface area is 168 Å². The summed E-state index contributed by atoms with van der Waals surface area (Å²) in [7, 11) is 0. The van der Waals surface area contributed by atoms with Crippen molar-refractivity contribution in [2.24, 2.45) is 0 Å². The number of rotatable bonds is 3. The molecule has 2 heterocycles. The van der Waals surface area contributed by atoms with Crippen molar-refractivity contribution in [1.82, 2.24) is 0 Å². The monoisotopic (exact) mass is 418 g/mol. The molecule has 158 valence electrons. The summed E-state index contributed by atoms with van der Waals surface area (Å²) in [5, 5.41) is 59.3. The molecule has 0 radical (unpaired) electrons. The summed E-state index contributed by atoms with van der Waals surface area (Å²) in [6.07, 6.45) is -5.96. The molecule has 6 N–H and O–H groups in total. The molecule has 0 aliphatic carbocycles. The van der Waals surface area contributed by atoms with Gasteiger partial charge in [0.05, 0.1) is 6.61 Å². The highest BCUT2D eigenvalue weighted by molar-refractivity contribution is 5.91. The normalized spacial score (nSPS) is 24.1. The number of benzene rings is 2. The first-order chi connectivity index (χ1) is 14.3. The highest BCUT2D eigenvalue weighted by Crippen LogP contribution is 2.41. The van der Waals surface area contributed by atoms with Crippen LogP contribution in [0.25, 0.3) is 22.3 Å². The van der Waals surface area contributed by atoms with Crippen LogP contribution < -0.4 is 10.2 Å². The van der Waals surface area contributed by atoms with E-state index in [0.29, 0.717) is 5.56 Å². The number of aromatic hydroxyl groups is 3. The Morgan fingerprint density at radius 2 is 1.67 bits per heavy atom. The van der Waals surface area contributed by atoms with Crippen molar-refractivity contribution in [2.45, 2.75) is 24.6 Å². The van der Waals surface area contributed by atoms with Crippen molar-refractivity contribution in [3.63, 3.8) is 0 Å². The summed E-state index contributed by atoms with van der Waals surface area (Å²) in [4.78, 5) is 12.5. The molecule has 1 aliphatic rings. The topological polar surface area (TPSA) is 170 Å². The number of ether oxygens (including phenoxy) is 2. The van der Waals surface area contributed by atoms with Gasteiger partial charge in [-0.15, -0.1) is 0 Å². The minimum Gasteiger partial charge on any atom is -0.508 e. The first-order valence-corrected chi connectivity index (χ1v) is 8.91. The van der Waals surface area contributed by atoms with E-state index in [1.54, 1.807) is 0 Å². The van der Waals surface area contributed by atoms with Gasteiger partial charge in [-0.1, -0.05) is 0 Å². The lowest BCUT2D eigenvalue weighted by atomic mass is 10.1. The van der Waals surface area contributed by atoms with Gasteiger partial charge in [-0.2, -0.15) is 0 Å². The van der Waals surface area contributed by atoms with Gasteiger partial charge in [-0.05, 0) is 24.3 Å². The summed E-state index contributed by atoms with van der Waals surface area (Å²) >= 11 is 0. The fourth-order valence-electron chi connectivity index (χ4n) is 3.15. The minimum absolute atomic E-state index is 0.0106. The standard InChI is InChI=1S/C20H18O10/c21-9-3-1-8(2-4-9)13-5-10(22)15-11(23)6-14(17(26)19(15)29-13)30-20-18(27)16(25)12(24)7-28-20/h1-6,12,16,18,20-21,23-27H,7H2/t12-,16+,18-,20-/m0/s1. The summed E-state index contributed by atoms with van der Waals surface area (Å²) in [5.41, 5.74) is -0.571. The zero-order valence-corrected chi connectivity index (χ0v) is 15.3. The fourth-order valence-corrected chi connectivity index (χ4v) is 3.15. The van der Waals surface area contributed by atoms with Crippen LogP contribution in [0.1, 0.15) is 0 Å². The van der Waals surface area contributed by atoms with Crippen LogP contribution >= 0.6 is 0 Å². The highest BCUT2D eigenvalue weighted by Gasteiger charge is 2.39. The number of phenols is 3. The second-order valence-electron chi connectivity index (χ2n) is 6.84. The Balaban J connectivity index is 1.78. The molecule has 2 aromatic carbocycles. The van der Waals surface area contributed by atoms with Gasteiger partial charge in [0.2, 0.25) is 12.0 Å². The summed E-state index contributed by atoms with van der Waals surface area (Å²) in [6.45, 7) is -0.330. The molecular weight excluding hydrogens is 400 g/mol. The van der Waals surface area contributed by atoms with Gasteiger partial charge in [-0.25, -0.2) is 0 Å². The SMILES string of the molecule is O=c1cc(-c2ccc(O)cc2)oc2c(O)c(O[C@@H]3OC[C@H](O)[C@@H](O)[C@@H]3O)cc(O)c12. The molecule has 4 rings (SSSR count). The third-order valence-electron chi connectivity index (χ3n) is 4.77. The highest BCUT2D eigenvalue weighted by atomic mass is 16.7. The molecule has 30 heavy (non-hydrogen) atoms. The van der Waals surface area contributed by atoms with E-state index in [0.717, 1.165) is 12.1 Å². The predicted molar refractivity (Wildman–Crippen MR) is 101 cm³/mol. The molecule has 1 saturated heterocycles. The molecular formula is C20H18O10. The Hall–Kier alpha value is -3.31. The smallest absolute Gasteiger partial charge is 0.229 e. The Morgan fingerprint density at radius 1 is 0.967 bits per heavy atom. The van der Waals surface area contributed by atoms with Gasteiger partial charge in [0, 0.05) is 17.7 Å². The summed E-state index contributed by atoms with van der Waals surface area (Å²) in [6, 6.07) is 7.84. The van der Waals surface area contributed by atoms with Crippen molar-refractivity contribution in [2.75, 3.05) is 6.61 Å². The van der Waals surface area contributed by atoms with Crippen LogP contribution in [0.4, 0.5) is 0 Å². The van der Waals surface area contributed by atoms with Crippen molar-refractivity contribution in [3.8, 4) is 34.3 Å². The predicted octanol–water partition coefficient (Wildman–Crippen LogP) is 0.395. The molecule has 1 aromatic heterocycles. The third kappa shape index (κ3) is 3.42. The fraction of sp³-hybridized carbons (Fsp3) is 0.250. The Kier molecular flexibility index (Phi) is 5.00. The number of hydrogen-bond donors (Lipinski definition) is 6. The second-order valence-corrected chi connectivity index (χ2v) is 6.84. The van der Waals surface area contributed by atoms with Crippen molar-refractivity contribution >= 4 is 11.0 Å². The molecule has 10 nitrogen and oxygen atoms in total. The van der Waals surface area contributed by atoms with Crippen LogP contribution in [0.3, 0.4) is 0 Å². The van der Waals surface area contributed by atoms with E-state index in [1.165, 1.54) is 24.3 Å². The van der Waals surface area contributed by atoms with E-state index in [2.05, 4.69) is 0 Å². The van der Waals surface area contributed by atoms with E-state index in [4.69, 9.17) is 13.9 Å². The largest absolute Gasteiger partial charge is 0.508 e. The maximum Gasteiger partial charge on any atom is 0.229 e. The van der Waals surface area contributed by atoms with Crippen LogP contribution in [-0.4, -0.2) is 61.8 Å². The van der Waals surface area contributed by atoms with Crippen molar-refractivity contribution < 1.29 is 44.5 Å². The van der Waals surface area contributed by atoms with E-state index < -0.39 is 41.5 Å². The van der Waals surface area contributed by atoms with E-state index in [-0.39, 0.29) is 34.8 Å². The lowest BCUT2D eigenvalue weighted by Gasteiger charge is -2.35. The van der Waals surface area contributed by atoms with Crippen LogP contribution in [0.2, 0.25) is 0 Å². The van der Waals surface area contributed by atoms with Crippen LogP contribution in [0.15, 0.2) is 45.6 Å². The lowest BCUT2D eigenvalue weighted by molar-refractivity contribution is -0.242. The number of phenolic OH excluding ortho intramolecular Hbond substituents is 3. The van der Waals surface area contributed by atoms with Gasteiger partial charge < -0.3 is 44.5 Å². The van der Waals surface area contributed by atoms with Crippen LogP contribution in [0.5, 0.6) is 23.0 Å². The van der Waals surface area contributed by atoms with Gasteiger partial charge in [0.1, 0.15) is 41.0 Å². The third-order valence-corrected chi connectivity index (χ3v) is 4.77. The van der Waals surface area contributed by atoms with Crippen LogP contribution in [-0.2, 0) is 4.74 Å². The average Bonchev–Trinajstić information content (AvgIpc) is 2.72. The Morgan fingerprint density at radius 3 is 2.37 bits per heavy atom. The van der Waals surface area contributed by atoms with E-state index in [9.17, 15) is 35.4 Å². The van der Waals surface area contributed by atoms with Gasteiger partial charge in [-0.3, -0.25) is 4.79 Å². The molecule has 0 unspecified atom stereocenters. The number of hydrogen-bond acceptors (Lipinski definition) is 10. The molecule has 1 aliphatic heterocycles. The summed E-state index contributed by atoms with van der Waals surface area (Å²) < 4.78 is 16.1. The molecule has 4 atom stereocenters. The first kappa shape index (κ1) is 20.0. The van der Waals surface area contributed by atoms with E-state index in [1.807, 2.05) is 0 Å². The zero-order chi connectivity index (χ0) is 21.6. The molecule has 3 aromatic rings. The molecule has 1 fully saturated rings. The zero-order valence-electron chi connectivity index (χ0n) is 15.3. The Bertz CT molecular complexity index is 1140. The average molecular weight is 418 g/mol. The lowest BCUT2D eigenvalue weighted by Crippen LogP contribution is -2.54. The van der Waals surface area contributed by atoms with Crippen molar-refractivity contribution in [3.05, 3.63) is 46.6 Å². The minimum atomic E-state index is -1.64. The number of aliphatic hydroxyl groups excluding tert-OH is 3. The van der Waals surface area contributed by atoms with E-state index >= 15 is 0 Å². The maximum atomic E-state index is 12.5. The van der Waals surface area contributed by atoms with Crippen molar-refractivity contribution in [1.29, 1.82) is 0 Å². The number of aliphatic hydroxyl groups is 3. The molecule has 0 saturated carbocycles. The van der Waals surface area contributed by atoms with Gasteiger partial charge >= 0.3 is 0 Å². The number of fused-ring (bicyclic) bond motifs is 1. The summed E-state index contributed by atoms with van der Waals surface area (Å²) in [5.74, 6) is -1.49. The first-order valence-electron chi connectivity index (χ1n) is 8.91. The van der Waals surface area contributed by atoms with Crippen LogP contribution in [0, 0.1) is 0 Å². The van der Waals surface area contributed by atoms with Gasteiger partial charge in [0.15, 0.2) is 16.8 Å². The quantitative estimate of drug-likeness (QED) is 0.327. The molecule has 0 bridgehead atoms. The second kappa shape index (κ2) is 7.50. The molecule has 10 heteroatoms. The molecule has 0 amide bonds. The molecule has 0 spiro atoms. The van der Waals surface area contributed by atoms with Gasteiger partial charge in [0.25, 0.3) is 0 Å². The maximum absolute atomic E-state index is 12.5.